The number of pyridine rings is 1. The van der Waals surface area contributed by atoms with Crippen molar-refractivity contribution >= 4 is 35.2 Å². The van der Waals surface area contributed by atoms with E-state index in [0.717, 1.165) is 30.8 Å². The summed E-state index contributed by atoms with van der Waals surface area (Å²) < 4.78 is 20.4. The molecule has 0 bridgehead atoms. The molecule has 1 atom stereocenters. The molecule has 0 spiro atoms. The van der Waals surface area contributed by atoms with E-state index in [1.54, 1.807) is 48.3 Å². The Labute approximate surface area is 252 Å². The van der Waals surface area contributed by atoms with E-state index in [1.807, 2.05) is 23.1 Å². The van der Waals surface area contributed by atoms with Crippen LogP contribution in [0, 0.1) is 17.1 Å². The number of hydrogen-bond donors (Lipinski definition) is 2. The van der Waals surface area contributed by atoms with Crippen LogP contribution in [0.5, 0.6) is 5.75 Å². The number of halogens is 1. The number of fused-ring (bicyclic) bond motifs is 1. The molecule has 2 aliphatic rings. The molecule has 3 aromatic rings. The number of aromatic nitrogens is 1. The van der Waals surface area contributed by atoms with E-state index in [2.05, 4.69) is 4.98 Å². The highest BCUT2D eigenvalue weighted by Gasteiger charge is 2.37. The van der Waals surface area contributed by atoms with E-state index in [4.69, 9.17) is 20.8 Å². The number of nitriles is 1. The largest absolute Gasteiger partial charge is 0.487 e. The number of thioether (sulfide) groups is 1. The second-order valence-corrected chi connectivity index (χ2v) is 11.8. The van der Waals surface area contributed by atoms with Crippen molar-refractivity contribution in [3.8, 4) is 11.8 Å². The fraction of sp³-hybridized carbons (Fsp3) is 0.323. The van der Waals surface area contributed by atoms with Gasteiger partial charge in [0.25, 0.3) is 5.91 Å². The number of hydrogen-bond acceptors (Lipinski definition) is 8. The maximum atomic E-state index is 14.4. The summed E-state index contributed by atoms with van der Waals surface area (Å²) in [6, 6.07) is 14.5. The van der Waals surface area contributed by atoms with E-state index < -0.39 is 17.9 Å². The monoisotopic (exact) mass is 603 g/mol. The number of rotatable bonds is 11. The molecular formula is C31H30FN5O5S. The average Bonchev–Trinajstić information content (AvgIpc) is 3.33. The first-order valence-corrected chi connectivity index (χ1v) is 14.7. The summed E-state index contributed by atoms with van der Waals surface area (Å²) in [7, 11) is 0. The van der Waals surface area contributed by atoms with Crippen molar-refractivity contribution in [3.05, 3.63) is 82.9 Å². The van der Waals surface area contributed by atoms with Gasteiger partial charge >= 0.3 is 5.97 Å². The number of anilines is 1. The minimum atomic E-state index is -1.07. The van der Waals surface area contributed by atoms with Crippen molar-refractivity contribution in [1.82, 2.24) is 9.88 Å². The van der Waals surface area contributed by atoms with E-state index in [0.29, 0.717) is 39.1 Å². The lowest BCUT2D eigenvalue weighted by Crippen LogP contribution is -2.45. The Kier molecular flexibility index (Phi) is 9.11. The molecule has 5 rings (SSSR count). The smallest absolute Gasteiger partial charge is 0.303 e. The number of piperidine rings is 1. The predicted molar refractivity (Wildman–Crippen MR) is 157 cm³/mol. The van der Waals surface area contributed by atoms with Crippen molar-refractivity contribution in [2.75, 3.05) is 18.0 Å². The van der Waals surface area contributed by atoms with Crippen molar-refractivity contribution in [1.29, 1.82) is 5.26 Å². The lowest BCUT2D eigenvalue weighted by Gasteiger charge is -2.33. The van der Waals surface area contributed by atoms with Crippen molar-refractivity contribution in [2.45, 2.75) is 55.0 Å². The molecule has 3 heterocycles. The molecule has 0 saturated carbocycles. The first-order chi connectivity index (χ1) is 20.7. The summed E-state index contributed by atoms with van der Waals surface area (Å²) in [5.41, 5.74) is 8.05. The summed E-state index contributed by atoms with van der Waals surface area (Å²) in [5, 5.41) is 18.3. The third-order valence-corrected chi connectivity index (χ3v) is 8.94. The number of benzene rings is 2. The number of carbonyl (C=O) groups is 3. The standard InChI is InChI=1S/C31H30FN5O5S/c32-25-14-19(15-33)4-7-26(25)36-12-10-21(11-13-36)43-22-6-5-20(35-16-22)18-42-28-3-1-2-23-24(28)17-37(31(23)41)27(30(34)40)8-9-29(38)39/h1-7,14,16,21,27H,8-13,17-18H2,(H2,34,40)(H,38,39). The Hall–Kier alpha value is -4.63. The number of carboxylic acid groups (broad SMARTS) is 1. The predicted octanol–water partition coefficient (Wildman–Crippen LogP) is 4.11. The normalized spacial score (nSPS) is 15.6. The van der Waals surface area contributed by atoms with Gasteiger partial charge in [-0.25, -0.2) is 4.39 Å². The van der Waals surface area contributed by atoms with Crippen molar-refractivity contribution < 1.29 is 28.6 Å². The molecule has 12 heteroatoms. The molecule has 0 radical (unpaired) electrons. The van der Waals surface area contributed by atoms with Gasteiger partial charge in [0.15, 0.2) is 0 Å². The minimum Gasteiger partial charge on any atom is -0.487 e. The van der Waals surface area contributed by atoms with Crippen LogP contribution in [0.4, 0.5) is 10.1 Å². The van der Waals surface area contributed by atoms with Crippen LogP contribution >= 0.6 is 11.8 Å². The molecule has 43 heavy (non-hydrogen) atoms. The average molecular weight is 604 g/mol. The van der Waals surface area contributed by atoms with Crippen molar-refractivity contribution in [2.24, 2.45) is 5.73 Å². The highest BCUT2D eigenvalue weighted by molar-refractivity contribution is 8.00. The summed E-state index contributed by atoms with van der Waals surface area (Å²) >= 11 is 1.74. The van der Waals surface area contributed by atoms with Gasteiger partial charge in [-0.2, -0.15) is 5.26 Å². The van der Waals surface area contributed by atoms with Crippen molar-refractivity contribution in [3.63, 3.8) is 0 Å². The quantitative estimate of drug-likeness (QED) is 0.330. The molecule has 1 fully saturated rings. The zero-order valence-electron chi connectivity index (χ0n) is 23.2. The molecule has 1 unspecified atom stereocenters. The van der Waals surface area contributed by atoms with Gasteiger partial charge in [-0.1, -0.05) is 6.07 Å². The highest BCUT2D eigenvalue weighted by atomic mass is 32.2. The summed E-state index contributed by atoms with van der Waals surface area (Å²) in [6.45, 7) is 1.71. The van der Waals surface area contributed by atoms with E-state index in [9.17, 15) is 18.8 Å². The van der Waals surface area contributed by atoms with E-state index in [1.165, 1.54) is 11.0 Å². The first-order valence-electron chi connectivity index (χ1n) is 13.9. The SMILES string of the molecule is N#Cc1ccc(N2CCC(Sc3ccc(COc4cccc5c4CN(C(CCC(=O)O)C(N)=O)C5=O)nc3)CC2)c(F)c1. The zero-order valence-corrected chi connectivity index (χ0v) is 24.1. The first kappa shape index (κ1) is 29.8. The second-order valence-electron chi connectivity index (χ2n) is 10.4. The third kappa shape index (κ3) is 6.89. The lowest BCUT2D eigenvalue weighted by atomic mass is 10.1. The number of ether oxygens (including phenoxy) is 1. The Balaban J connectivity index is 1.15. The molecule has 2 aromatic carbocycles. The van der Waals surface area contributed by atoms with Crippen LogP contribution in [0.1, 0.15) is 52.9 Å². The van der Waals surface area contributed by atoms with Gasteiger partial charge in [-0.3, -0.25) is 19.4 Å². The Morgan fingerprint density at radius 1 is 1.21 bits per heavy atom. The Morgan fingerprint density at radius 2 is 2.00 bits per heavy atom. The van der Waals surface area contributed by atoms with Gasteiger partial charge in [-0.15, -0.1) is 11.8 Å². The molecule has 0 aliphatic carbocycles. The number of nitrogens with two attached hydrogens (primary N) is 1. The number of carbonyl (C=O) groups excluding carboxylic acids is 2. The zero-order chi connectivity index (χ0) is 30.5. The fourth-order valence-electron chi connectivity index (χ4n) is 5.38. The number of aliphatic carboxylic acids is 1. The topological polar surface area (TPSA) is 150 Å². The van der Waals surface area contributed by atoms with Crippen LogP contribution in [-0.4, -0.2) is 57.2 Å². The number of nitrogens with zero attached hydrogens (tertiary/aromatic N) is 4. The van der Waals surface area contributed by atoms with E-state index in [-0.39, 0.29) is 37.7 Å². The van der Waals surface area contributed by atoms with Crippen LogP contribution in [0.15, 0.2) is 59.6 Å². The van der Waals surface area contributed by atoms with Gasteiger partial charge in [0, 0.05) is 47.0 Å². The Bertz CT molecular complexity index is 1570. The molecule has 2 amide bonds. The van der Waals surface area contributed by atoms with Crippen LogP contribution in [0.3, 0.4) is 0 Å². The maximum Gasteiger partial charge on any atom is 0.303 e. The summed E-state index contributed by atoms with van der Waals surface area (Å²) in [6.07, 6.45) is 3.22. The van der Waals surface area contributed by atoms with Gasteiger partial charge < -0.3 is 25.4 Å². The summed E-state index contributed by atoms with van der Waals surface area (Å²) in [5.74, 6) is -2.10. The fourth-order valence-corrected chi connectivity index (χ4v) is 6.47. The number of carboxylic acids is 1. The molecule has 1 saturated heterocycles. The number of amides is 2. The molecular weight excluding hydrogens is 573 g/mol. The van der Waals surface area contributed by atoms with Gasteiger partial charge in [-0.05, 0) is 61.7 Å². The molecule has 2 aliphatic heterocycles. The molecule has 10 nitrogen and oxygen atoms in total. The van der Waals surface area contributed by atoms with Crippen LogP contribution in [-0.2, 0) is 22.7 Å². The van der Waals surface area contributed by atoms with Crippen LogP contribution in [0.25, 0.3) is 0 Å². The van der Waals surface area contributed by atoms with Gasteiger partial charge in [0.2, 0.25) is 5.91 Å². The lowest BCUT2D eigenvalue weighted by molar-refractivity contribution is -0.137. The summed E-state index contributed by atoms with van der Waals surface area (Å²) in [4.78, 5) is 44.9. The second kappa shape index (κ2) is 13.1. The minimum absolute atomic E-state index is 0.0658. The molecule has 222 valence electrons. The van der Waals surface area contributed by atoms with Crippen LogP contribution in [0.2, 0.25) is 0 Å². The Morgan fingerprint density at radius 3 is 2.65 bits per heavy atom. The van der Waals surface area contributed by atoms with Gasteiger partial charge in [0.05, 0.1) is 29.6 Å². The maximum absolute atomic E-state index is 14.4. The third-order valence-electron chi connectivity index (χ3n) is 7.62. The highest BCUT2D eigenvalue weighted by Crippen LogP contribution is 2.35. The number of primary amides is 1. The van der Waals surface area contributed by atoms with E-state index >= 15 is 0 Å². The van der Waals surface area contributed by atoms with Crippen LogP contribution < -0.4 is 15.4 Å². The molecule has 3 N–H and O–H groups in total. The van der Waals surface area contributed by atoms with Gasteiger partial charge in [0.1, 0.15) is 24.2 Å². The molecule has 1 aromatic heterocycles.